The van der Waals surface area contributed by atoms with E-state index in [2.05, 4.69) is 0 Å². The zero-order valence-corrected chi connectivity index (χ0v) is 28.5. The molecule has 0 spiro atoms. The van der Waals surface area contributed by atoms with Gasteiger partial charge in [-0.3, -0.25) is 0 Å². The summed E-state index contributed by atoms with van der Waals surface area (Å²) in [5.41, 5.74) is 0. The molecule has 0 amide bonds. The summed E-state index contributed by atoms with van der Waals surface area (Å²) in [7, 11) is -7.26. The van der Waals surface area contributed by atoms with Gasteiger partial charge in [0.25, 0.3) is 0 Å². The van der Waals surface area contributed by atoms with Crippen LogP contribution in [0, 0.1) is 0 Å². The van der Waals surface area contributed by atoms with Crippen molar-refractivity contribution >= 4 is 49.3 Å². The molecule has 20 heteroatoms. The van der Waals surface area contributed by atoms with Crippen molar-refractivity contribution in [2.24, 2.45) is 0 Å². The summed E-state index contributed by atoms with van der Waals surface area (Å²) in [6, 6.07) is 0. The maximum absolute atomic E-state index is 8.52. The third-order valence-corrected chi connectivity index (χ3v) is 0. The van der Waals surface area contributed by atoms with Gasteiger partial charge in [-0.1, -0.05) is 0 Å². The van der Waals surface area contributed by atoms with E-state index in [1.165, 1.54) is 0 Å². The van der Waals surface area contributed by atoms with Crippen molar-refractivity contribution in [1.29, 1.82) is 0 Å². The second kappa shape index (κ2) is 74.2. The monoisotopic (exact) mass is 408 g/mol. The fourth-order valence-electron chi connectivity index (χ4n) is 0. The molecular weight excluding hydrogens is 408 g/mol. The molecule has 0 aromatic heterocycles. The van der Waals surface area contributed by atoms with E-state index in [0.717, 1.165) is 0 Å². The molecule has 10 nitrogen and oxygen atoms in total. The molecule has 0 atom stereocenters. The van der Waals surface area contributed by atoms with E-state index in [1.54, 1.807) is 0 Å². The van der Waals surface area contributed by atoms with E-state index in [9.17, 15) is 0 Å². The molecule has 0 saturated carbocycles. The summed E-state index contributed by atoms with van der Waals surface area (Å²) < 4.78 is 50.9. The Morgan fingerprint density at radius 3 is 0.550 bits per heavy atom. The number of rotatable bonds is 0. The van der Waals surface area contributed by atoms with Crippen LogP contribution in [-0.4, -0.2) is 49.3 Å². The molecule has 0 unspecified atom stereocenters. The molecule has 0 aliphatic heterocycles. The van der Waals surface area contributed by atoms with E-state index in [1.807, 2.05) is 0 Å². The maximum atomic E-state index is 8.52. The summed E-state index contributed by atoms with van der Waals surface area (Å²) in [5.74, 6) is 0. The van der Waals surface area contributed by atoms with Crippen LogP contribution < -0.4 is 205 Å². The van der Waals surface area contributed by atoms with Crippen molar-refractivity contribution in [3.05, 3.63) is 0 Å². The number of hydrogen-bond donors (Lipinski definition) is 0. The average Bonchev–Trinajstić information content (AvgIpc) is 1.85. The Bertz CT molecular complexity index is 146. The van der Waals surface area contributed by atoms with Crippen LogP contribution in [0.2, 0.25) is 0 Å². The Labute approximate surface area is 264 Å². The minimum absolute atomic E-state index is 0. The van der Waals surface area contributed by atoms with Crippen molar-refractivity contribution in [3.63, 3.8) is 0 Å². The third kappa shape index (κ3) is 393. The molecule has 0 radical (unpaired) electrons. The van der Waals surface area contributed by atoms with Crippen LogP contribution in [0.15, 0.2) is 0 Å². The Hall–Kier alpha value is 5.50. The van der Waals surface area contributed by atoms with E-state index in [-0.39, 0.29) is 177 Å². The molecule has 0 aliphatic rings. The van der Waals surface area contributed by atoms with Gasteiger partial charge in [0.15, 0.2) is 0 Å². The molecule has 0 bridgehead atoms. The van der Waals surface area contributed by atoms with Gasteiger partial charge in [0.2, 0.25) is 0 Å². The number of hydrogen-bond acceptors (Lipinski definition) is 10. The van der Waals surface area contributed by atoms with Crippen LogP contribution in [0.3, 0.4) is 0 Å². The first-order valence-corrected chi connectivity index (χ1v) is 6.50. The van der Waals surface area contributed by atoms with Gasteiger partial charge < -0.3 is 28.1 Å². The molecule has 20 heavy (non-hydrogen) atoms. The molecule has 0 aliphatic carbocycles. The SMILES string of the molecule is O=[Si]([O-])[O-].O=[Si]([O-])[O-].[Na+].[Na+].[Na+].[Na+].[Na+].[Na+].[O]=[Al][O-].[O]=[Al][O-]. The van der Waals surface area contributed by atoms with Gasteiger partial charge in [0.1, 0.15) is 0 Å². The first-order chi connectivity index (χ1) is 6.29. The van der Waals surface area contributed by atoms with E-state index in [0.29, 0.717) is 0 Å². The molecule has 0 aromatic carbocycles. The van der Waals surface area contributed by atoms with Crippen molar-refractivity contribution in [2.45, 2.75) is 0 Å². The molecular formula is Al2Na6O10Si2. The van der Waals surface area contributed by atoms with Gasteiger partial charge in [-0.25, -0.2) is 0 Å². The van der Waals surface area contributed by atoms with Crippen LogP contribution in [-0.2, 0) is 16.5 Å². The van der Waals surface area contributed by atoms with Gasteiger partial charge in [-0.2, -0.15) is 0 Å². The summed E-state index contributed by atoms with van der Waals surface area (Å²) in [5, 5.41) is 0. The molecule has 0 fully saturated rings. The molecule has 80 valence electrons. The summed E-state index contributed by atoms with van der Waals surface area (Å²) >= 11 is -3.50. The Morgan fingerprint density at radius 2 is 0.550 bits per heavy atom. The standard InChI is InChI=1S/2Al.6Na.2O3Si.4O/c;;;;;;;;2*1-4(2)3;;;;/q;;6*+1;2*-2;;;2*-1. The fraction of sp³-hybridized carbons (Fsp3) is 0. The van der Waals surface area contributed by atoms with Crippen LogP contribution in [0.5, 0.6) is 0 Å². The van der Waals surface area contributed by atoms with E-state index >= 15 is 0 Å². The normalized spacial score (nSPS) is 3.20. The average molecular weight is 408 g/mol. The van der Waals surface area contributed by atoms with Gasteiger partial charge in [-0.05, 0) is 0 Å². The Morgan fingerprint density at radius 1 is 0.550 bits per heavy atom. The Kier molecular flexibility index (Phi) is 236. The zero-order chi connectivity index (χ0) is 12.6. The van der Waals surface area contributed by atoms with Crippen LogP contribution in [0.1, 0.15) is 0 Å². The molecule has 0 rings (SSSR count). The quantitative estimate of drug-likeness (QED) is 0.346. The van der Waals surface area contributed by atoms with E-state index < -0.39 is 49.3 Å². The van der Waals surface area contributed by atoms with Crippen molar-refractivity contribution in [3.8, 4) is 0 Å². The predicted octanol–water partition coefficient (Wildman–Crippen LogP) is -27.1. The van der Waals surface area contributed by atoms with Crippen molar-refractivity contribution < 1.29 is 221 Å². The summed E-state index contributed by atoms with van der Waals surface area (Å²) in [6.07, 6.45) is 0. The van der Waals surface area contributed by atoms with Crippen molar-refractivity contribution in [2.75, 3.05) is 0 Å². The second-order valence-corrected chi connectivity index (χ2v) is 2.08. The van der Waals surface area contributed by atoms with Gasteiger partial charge in [0, 0.05) is 18.3 Å². The first kappa shape index (κ1) is 63.7. The second-order valence-electron chi connectivity index (χ2n) is 0.692. The van der Waals surface area contributed by atoms with Crippen LogP contribution >= 0.6 is 0 Å². The third-order valence-electron chi connectivity index (χ3n) is 0. The molecule has 0 N–H and O–H groups in total. The van der Waals surface area contributed by atoms with Gasteiger partial charge in [0.05, 0.1) is 0 Å². The molecule has 0 aromatic rings. The predicted molar refractivity (Wildman–Crippen MR) is 25.8 cm³/mol. The zero-order valence-electron chi connectivity index (χ0n) is 12.2. The first-order valence-electron chi connectivity index (χ1n) is 2.17. The van der Waals surface area contributed by atoms with Crippen molar-refractivity contribution in [1.82, 2.24) is 0 Å². The van der Waals surface area contributed by atoms with Crippen LogP contribution in [0.25, 0.3) is 0 Å². The minimum atomic E-state index is -3.63. The van der Waals surface area contributed by atoms with E-state index in [4.69, 9.17) is 44.0 Å². The topological polar surface area (TPSA) is 207 Å². The van der Waals surface area contributed by atoms with Gasteiger partial charge in [-0.15, -0.1) is 0 Å². The summed E-state index contributed by atoms with van der Waals surface area (Å²) in [4.78, 5) is 34.1. The van der Waals surface area contributed by atoms with Crippen LogP contribution in [0.4, 0.5) is 0 Å². The molecule has 0 heterocycles. The van der Waals surface area contributed by atoms with Gasteiger partial charge >= 0.3 is 224 Å². The fourth-order valence-corrected chi connectivity index (χ4v) is 0. The Balaban J connectivity index is -0.00000000763. The summed E-state index contributed by atoms with van der Waals surface area (Å²) in [6.45, 7) is 0. The molecule has 0 saturated heterocycles.